The Balaban J connectivity index is 0.00000392. The van der Waals surface area contributed by atoms with Gasteiger partial charge in [-0.05, 0) is 51.4 Å². The standard InChI is InChI=1S/C19H31N3O4S.ClH/c1-5-22(6-2)27(24,25)18-13-16(8-9-17(18)26-7-3)21-19(23)15-10-11-20-14(4)12-15;/h8-9,13-15,20H,5-7,10-12H2,1-4H3,(H,21,23);1H/t14-,15-;/m0./s1. The predicted molar refractivity (Wildman–Crippen MR) is 114 cm³/mol. The third-order valence-electron chi connectivity index (χ3n) is 4.83. The molecule has 1 fully saturated rings. The lowest BCUT2D eigenvalue weighted by molar-refractivity contribution is -0.120. The van der Waals surface area contributed by atoms with Crippen molar-refractivity contribution in [2.75, 3.05) is 31.6 Å². The number of anilines is 1. The monoisotopic (exact) mass is 433 g/mol. The molecule has 1 aliphatic rings. The van der Waals surface area contributed by atoms with E-state index in [-0.39, 0.29) is 29.1 Å². The summed E-state index contributed by atoms with van der Waals surface area (Å²) in [5.74, 6) is 0.159. The number of nitrogens with zero attached hydrogens (tertiary/aromatic N) is 1. The van der Waals surface area contributed by atoms with E-state index in [4.69, 9.17) is 4.74 Å². The van der Waals surface area contributed by atoms with E-state index in [0.717, 1.165) is 19.4 Å². The van der Waals surface area contributed by atoms with Crippen molar-refractivity contribution in [3.8, 4) is 5.75 Å². The number of sulfonamides is 1. The van der Waals surface area contributed by atoms with Crippen LogP contribution >= 0.6 is 12.4 Å². The molecule has 0 saturated carbocycles. The number of piperidine rings is 1. The highest BCUT2D eigenvalue weighted by Crippen LogP contribution is 2.30. The molecule has 0 aliphatic carbocycles. The van der Waals surface area contributed by atoms with Crippen molar-refractivity contribution >= 4 is 34.0 Å². The highest BCUT2D eigenvalue weighted by molar-refractivity contribution is 7.89. The maximum absolute atomic E-state index is 13.0. The van der Waals surface area contributed by atoms with E-state index < -0.39 is 10.0 Å². The molecule has 0 spiro atoms. The van der Waals surface area contributed by atoms with Crippen molar-refractivity contribution in [1.29, 1.82) is 0 Å². The molecule has 160 valence electrons. The van der Waals surface area contributed by atoms with Crippen molar-refractivity contribution < 1.29 is 17.9 Å². The maximum atomic E-state index is 13.0. The Kier molecular flexibility index (Phi) is 9.69. The first-order valence-electron chi connectivity index (χ1n) is 9.64. The average molecular weight is 434 g/mol. The SMILES string of the molecule is CCOc1ccc(NC(=O)[C@H]2CCN[C@@H](C)C2)cc1S(=O)(=O)N(CC)CC.Cl. The van der Waals surface area contributed by atoms with E-state index in [1.807, 2.05) is 6.92 Å². The van der Waals surface area contributed by atoms with Crippen LogP contribution in [-0.4, -0.2) is 50.9 Å². The number of hydrogen-bond acceptors (Lipinski definition) is 5. The molecule has 7 nitrogen and oxygen atoms in total. The number of amides is 1. The minimum absolute atomic E-state index is 0. The minimum Gasteiger partial charge on any atom is -0.492 e. The van der Waals surface area contributed by atoms with Crippen LogP contribution in [0.4, 0.5) is 5.69 Å². The van der Waals surface area contributed by atoms with Gasteiger partial charge in [0.25, 0.3) is 0 Å². The Morgan fingerprint density at radius 3 is 2.54 bits per heavy atom. The number of halogens is 1. The van der Waals surface area contributed by atoms with E-state index >= 15 is 0 Å². The summed E-state index contributed by atoms with van der Waals surface area (Å²) >= 11 is 0. The van der Waals surface area contributed by atoms with E-state index in [0.29, 0.717) is 37.2 Å². The van der Waals surface area contributed by atoms with Crippen LogP contribution in [0.3, 0.4) is 0 Å². The molecule has 1 amide bonds. The van der Waals surface area contributed by atoms with Gasteiger partial charge < -0.3 is 15.4 Å². The van der Waals surface area contributed by atoms with Crippen molar-refractivity contribution in [3.05, 3.63) is 18.2 Å². The highest BCUT2D eigenvalue weighted by atomic mass is 35.5. The van der Waals surface area contributed by atoms with Gasteiger partial charge in [0.2, 0.25) is 15.9 Å². The van der Waals surface area contributed by atoms with Gasteiger partial charge in [-0.25, -0.2) is 8.42 Å². The molecule has 1 saturated heterocycles. The number of benzene rings is 1. The van der Waals surface area contributed by atoms with Crippen LogP contribution in [0, 0.1) is 5.92 Å². The van der Waals surface area contributed by atoms with E-state index in [2.05, 4.69) is 17.6 Å². The van der Waals surface area contributed by atoms with Gasteiger partial charge in [0.1, 0.15) is 10.6 Å². The first-order valence-corrected chi connectivity index (χ1v) is 11.1. The Morgan fingerprint density at radius 1 is 1.29 bits per heavy atom. The minimum atomic E-state index is -3.70. The summed E-state index contributed by atoms with van der Waals surface area (Å²) in [5.41, 5.74) is 0.473. The molecule has 28 heavy (non-hydrogen) atoms. The van der Waals surface area contributed by atoms with Gasteiger partial charge >= 0.3 is 0 Å². The number of rotatable bonds is 8. The molecule has 2 N–H and O–H groups in total. The second kappa shape index (κ2) is 11.0. The van der Waals surface area contributed by atoms with Gasteiger partial charge in [0.15, 0.2) is 0 Å². The summed E-state index contributed by atoms with van der Waals surface area (Å²) in [4.78, 5) is 12.7. The fourth-order valence-corrected chi connectivity index (χ4v) is 4.99. The Morgan fingerprint density at radius 2 is 1.96 bits per heavy atom. The number of carbonyl (C=O) groups excluding carboxylic acids is 1. The second-order valence-corrected chi connectivity index (χ2v) is 8.66. The van der Waals surface area contributed by atoms with Gasteiger partial charge in [-0.3, -0.25) is 4.79 Å². The van der Waals surface area contributed by atoms with E-state index in [1.54, 1.807) is 26.0 Å². The van der Waals surface area contributed by atoms with Crippen LogP contribution in [0.2, 0.25) is 0 Å². The Labute approximate surface area is 174 Å². The summed E-state index contributed by atoms with van der Waals surface area (Å²) in [6.07, 6.45) is 1.55. The van der Waals surface area contributed by atoms with Gasteiger partial charge in [0.05, 0.1) is 6.61 Å². The Bertz CT molecular complexity index is 754. The smallest absolute Gasteiger partial charge is 0.246 e. The molecular formula is C19H32ClN3O4S. The van der Waals surface area contributed by atoms with Gasteiger partial charge in [-0.2, -0.15) is 4.31 Å². The first-order chi connectivity index (χ1) is 12.8. The summed E-state index contributed by atoms with van der Waals surface area (Å²) in [6, 6.07) is 5.10. The summed E-state index contributed by atoms with van der Waals surface area (Å²) in [7, 11) is -3.70. The second-order valence-electron chi connectivity index (χ2n) is 6.75. The molecule has 0 radical (unpaired) electrons. The molecule has 0 aromatic heterocycles. The van der Waals surface area contributed by atoms with Crippen LogP contribution in [0.1, 0.15) is 40.5 Å². The molecule has 1 heterocycles. The van der Waals surface area contributed by atoms with Crippen molar-refractivity contribution in [3.63, 3.8) is 0 Å². The van der Waals surface area contributed by atoms with Gasteiger partial charge in [0, 0.05) is 30.7 Å². The molecule has 0 unspecified atom stereocenters. The molecule has 9 heteroatoms. The van der Waals surface area contributed by atoms with Gasteiger partial charge in [-0.15, -0.1) is 12.4 Å². The number of ether oxygens (including phenoxy) is 1. The third-order valence-corrected chi connectivity index (χ3v) is 6.90. The molecule has 2 rings (SSSR count). The molecule has 0 bridgehead atoms. The molecular weight excluding hydrogens is 402 g/mol. The van der Waals surface area contributed by atoms with Crippen LogP contribution < -0.4 is 15.4 Å². The van der Waals surface area contributed by atoms with Gasteiger partial charge in [-0.1, -0.05) is 13.8 Å². The van der Waals surface area contributed by atoms with Crippen molar-refractivity contribution in [2.45, 2.75) is 51.5 Å². The van der Waals surface area contributed by atoms with Crippen LogP contribution in [0.5, 0.6) is 5.75 Å². The lowest BCUT2D eigenvalue weighted by atomic mass is 9.92. The van der Waals surface area contributed by atoms with E-state index in [1.165, 1.54) is 10.4 Å². The topological polar surface area (TPSA) is 87.7 Å². The highest BCUT2D eigenvalue weighted by Gasteiger charge is 2.28. The molecule has 1 aliphatic heterocycles. The predicted octanol–water partition coefficient (Wildman–Crippen LogP) is 2.86. The molecule has 1 aromatic rings. The van der Waals surface area contributed by atoms with Crippen LogP contribution in [-0.2, 0) is 14.8 Å². The van der Waals surface area contributed by atoms with Crippen LogP contribution in [0.15, 0.2) is 23.1 Å². The Hall–Kier alpha value is -1.35. The lowest BCUT2D eigenvalue weighted by Crippen LogP contribution is -2.40. The lowest BCUT2D eigenvalue weighted by Gasteiger charge is -2.27. The summed E-state index contributed by atoms with van der Waals surface area (Å²) in [6.45, 7) is 9.37. The first kappa shape index (κ1) is 24.7. The zero-order valence-electron chi connectivity index (χ0n) is 17.0. The van der Waals surface area contributed by atoms with Crippen molar-refractivity contribution in [1.82, 2.24) is 9.62 Å². The zero-order chi connectivity index (χ0) is 20.0. The largest absolute Gasteiger partial charge is 0.492 e. The zero-order valence-corrected chi connectivity index (χ0v) is 18.7. The number of nitrogens with one attached hydrogen (secondary N) is 2. The number of carbonyl (C=O) groups is 1. The fraction of sp³-hybridized carbons (Fsp3) is 0.632. The fourth-order valence-electron chi connectivity index (χ4n) is 3.38. The van der Waals surface area contributed by atoms with Crippen LogP contribution in [0.25, 0.3) is 0 Å². The average Bonchev–Trinajstić information content (AvgIpc) is 2.63. The maximum Gasteiger partial charge on any atom is 0.246 e. The van der Waals surface area contributed by atoms with E-state index in [9.17, 15) is 13.2 Å². The molecule has 1 aromatic carbocycles. The quantitative estimate of drug-likeness (QED) is 0.658. The summed E-state index contributed by atoms with van der Waals surface area (Å²) < 4.78 is 32.9. The van der Waals surface area contributed by atoms with Crippen molar-refractivity contribution in [2.24, 2.45) is 5.92 Å². The third kappa shape index (κ3) is 5.83. The molecule has 2 atom stereocenters. The summed E-state index contributed by atoms with van der Waals surface area (Å²) in [5, 5.41) is 6.21. The normalized spacial score (nSPS) is 19.8. The number of hydrogen-bond donors (Lipinski definition) is 2.